The fourth-order valence-electron chi connectivity index (χ4n) is 1.56. The molecule has 0 aliphatic heterocycles. The van der Waals surface area contributed by atoms with Gasteiger partial charge < -0.3 is 5.32 Å². The Morgan fingerprint density at radius 1 is 1.17 bits per heavy atom. The first kappa shape index (κ1) is 12.8. The van der Waals surface area contributed by atoms with Crippen LogP contribution in [0.5, 0.6) is 0 Å². The number of halogens is 2. The van der Waals surface area contributed by atoms with E-state index in [4.69, 9.17) is 11.6 Å². The standard InChI is InChI=1S/C13H13ClFN3/c1-8(2)16-13-4-3-12(17-18-13)9-5-10(14)7-11(15)6-9/h3-8H,1-2H3,(H,16,18). The Bertz CT molecular complexity index is 520. The zero-order valence-electron chi connectivity index (χ0n) is 10.1. The molecule has 5 heteroatoms. The fourth-order valence-corrected chi connectivity index (χ4v) is 1.78. The first-order chi connectivity index (χ1) is 8.54. The lowest BCUT2D eigenvalue weighted by atomic mass is 10.1. The Morgan fingerprint density at radius 2 is 1.94 bits per heavy atom. The molecule has 1 heterocycles. The molecule has 0 fully saturated rings. The van der Waals surface area contributed by atoms with E-state index in [-0.39, 0.29) is 11.9 Å². The molecule has 0 amide bonds. The van der Waals surface area contributed by atoms with Crippen molar-refractivity contribution in [2.45, 2.75) is 19.9 Å². The zero-order chi connectivity index (χ0) is 13.1. The molecule has 0 radical (unpaired) electrons. The molecule has 0 spiro atoms. The van der Waals surface area contributed by atoms with Crippen LogP contribution < -0.4 is 5.32 Å². The summed E-state index contributed by atoms with van der Waals surface area (Å²) in [6.45, 7) is 4.03. The number of nitrogens with one attached hydrogen (secondary N) is 1. The minimum Gasteiger partial charge on any atom is -0.366 e. The second-order valence-corrected chi connectivity index (χ2v) is 4.70. The lowest BCUT2D eigenvalue weighted by Gasteiger charge is -2.08. The number of anilines is 1. The van der Waals surface area contributed by atoms with E-state index in [9.17, 15) is 4.39 Å². The van der Waals surface area contributed by atoms with Crippen molar-refractivity contribution in [2.75, 3.05) is 5.32 Å². The number of rotatable bonds is 3. The molecule has 18 heavy (non-hydrogen) atoms. The van der Waals surface area contributed by atoms with Crippen molar-refractivity contribution in [3.05, 3.63) is 41.2 Å². The summed E-state index contributed by atoms with van der Waals surface area (Å²) in [6, 6.07) is 8.17. The Morgan fingerprint density at radius 3 is 2.50 bits per heavy atom. The van der Waals surface area contributed by atoms with Crippen LogP contribution in [-0.2, 0) is 0 Å². The van der Waals surface area contributed by atoms with Gasteiger partial charge in [0.1, 0.15) is 11.6 Å². The Kier molecular flexibility index (Phi) is 3.77. The molecular formula is C13H13ClFN3. The monoisotopic (exact) mass is 265 g/mol. The third-order valence-electron chi connectivity index (χ3n) is 2.26. The maximum Gasteiger partial charge on any atom is 0.148 e. The number of nitrogens with zero attached hydrogens (tertiary/aromatic N) is 2. The van der Waals surface area contributed by atoms with E-state index in [1.807, 2.05) is 13.8 Å². The van der Waals surface area contributed by atoms with Crippen molar-refractivity contribution >= 4 is 17.4 Å². The van der Waals surface area contributed by atoms with Gasteiger partial charge in [-0.1, -0.05) is 11.6 Å². The highest BCUT2D eigenvalue weighted by atomic mass is 35.5. The van der Waals surface area contributed by atoms with E-state index in [1.165, 1.54) is 12.1 Å². The molecule has 0 aliphatic carbocycles. The van der Waals surface area contributed by atoms with Gasteiger partial charge in [-0.25, -0.2) is 4.39 Å². The summed E-state index contributed by atoms with van der Waals surface area (Å²) in [6.07, 6.45) is 0. The van der Waals surface area contributed by atoms with E-state index < -0.39 is 0 Å². The highest BCUT2D eigenvalue weighted by molar-refractivity contribution is 6.30. The summed E-state index contributed by atoms with van der Waals surface area (Å²) < 4.78 is 13.2. The molecular weight excluding hydrogens is 253 g/mol. The van der Waals surface area contributed by atoms with Crippen LogP contribution in [0, 0.1) is 5.82 Å². The molecule has 0 unspecified atom stereocenters. The molecule has 1 aromatic carbocycles. The molecule has 3 nitrogen and oxygen atoms in total. The van der Waals surface area contributed by atoms with Crippen LogP contribution >= 0.6 is 11.6 Å². The Labute approximate surface area is 110 Å². The van der Waals surface area contributed by atoms with Gasteiger partial charge in [0, 0.05) is 16.6 Å². The highest BCUT2D eigenvalue weighted by Crippen LogP contribution is 2.22. The normalized spacial score (nSPS) is 10.7. The molecule has 1 N–H and O–H groups in total. The van der Waals surface area contributed by atoms with Crippen LogP contribution in [0.15, 0.2) is 30.3 Å². The average molecular weight is 266 g/mol. The van der Waals surface area contributed by atoms with Gasteiger partial charge >= 0.3 is 0 Å². The van der Waals surface area contributed by atoms with E-state index in [2.05, 4.69) is 15.5 Å². The van der Waals surface area contributed by atoms with Crippen LogP contribution in [0.25, 0.3) is 11.3 Å². The van der Waals surface area contributed by atoms with Gasteiger partial charge in [0.05, 0.1) is 5.69 Å². The number of hydrogen-bond acceptors (Lipinski definition) is 3. The van der Waals surface area contributed by atoms with Crippen LogP contribution in [0.2, 0.25) is 5.02 Å². The van der Waals surface area contributed by atoms with Gasteiger partial charge in [0.2, 0.25) is 0 Å². The highest BCUT2D eigenvalue weighted by Gasteiger charge is 2.05. The summed E-state index contributed by atoms with van der Waals surface area (Å²) in [5.41, 5.74) is 1.20. The molecule has 94 valence electrons. The van der Waals surface area contributed by atoms with E-state index in [1.54, 1.807) is 18.2 Å². The summed E-state index contributed by atoms with van der Waals surface area (Å²) in [5.74, 6) is 0.305. The SMILES string of the molecule is CC(C)Nc1ccc(-c2cc(F)cc(Cl)c2)nn1. The largest absolute Gasteiger partial charge is 0.366 e. The lowest BCUT2D eigenvalue weighted by Crippen LogP contribution is -2.11. The molecule has 0 saturated heterocycles. The van der Waals surface area contributed by atoms with Gasteiger partial charge in [-0.2, -0.15) is 0 Å². The van der Waals surface area contributed by atoms with Crippen molar-refractivity contribution in [2.24, 2.45) is 0 Å². The molecule has 0 bridgehead atoms. The van der Waals surface area contributed by atoms with Crippen LogP contribution in [0.4, 0.5) is 10.2 Å². The molecule has 2 aromatic rings. The maximum atomic E-state index is 13.2. The molecule has 0 atom stereocenters. The van der Waals surface area contributed by atoms with Gasteiger partial charge in [0.15, 0.2) is 0 Å². The average Bonchev–Trinajstić information content (AvgIpc) is 2.27. The molecule has 2 rings (SSSR count). The number of aromatic nitrogens is 2. The predicted octanol–water partition coefficient (Wildman–Crippen LogP) is 3.76. The topological polar surface area (TPSA) is 37.8 Å². The fraction of sp³-hybridized carbons (Fsp3) is 0.231. The second-order valence-electron chi connectivity index (χ2n) is 4.26. The minimum absolute atomic E-state index is 0.286. The van der Waals surface area contributed by atoms with Gasteiger partial charge in [0.25, 0.3) is 0 Å². The number of benzene rings is 1. The summed E-state index contributed by atoms with van der Waals surface area (Å²) in [5, 5.41) is 11.6. The molecule has 1 aromatic heterocycles. The summed E-state index contributed by atoms with van der Waals surface area (Å²) >= 11 is 5.80. The Balaban J connectivity index is 2.28. The van der Waals surface area contributed by atoms with Gasteiger partial charge in [-0.3, -0.25) is 0 Å². The second kappa shape index (κ2) is 5.31. The van der Waals surface area contributed by atoms with Gasteiger partial charge in [-0.15, -0.1) is 10.2 Å². The first-order valence-electron chi connectivity index (χ1n) is 5.61. The van der Waals surface area contributed by atoms with Crippen molar-refractivity contribution in [1.82, 2.24) is 10.2 Å². The van der Waals surface area contributed by atoms with Gasteiger partial charge in [-0.05, 0) is 44.2 Å². The number of hydrogen-bond donors (Lipinski definition) is 1. The van der Waals surface area contributed by atoms with Crippen LogP contribution in [0.1, 0.15) is 13.8 Å². The third-order valence-corrected chi connectivity index (χ3v) is 2.48. The van der Waals surface area contributed by atoms with E-state index >= 15 is 0 Å². The lowest BCUT2D eigenvalue weighted by molar-refractivity contribution is 0.628. The third kappa shape index (κ3) is 3.17. The first-order valence-corrected chi connectivity index (χ1v) is 5.99. The van der Waals surface area contributed by atoms with Crippen molar-refractivity contribution in [3.63, 3.8) is 0 Å². The smallest absolute Gasteiger partial charge is 0.148 e. The van der Waals surface area contributed by atoms with Crippen LogP contribution in [0.3, 0.4) is 0 Å². The predicted molar refractivity (Wildman–Crippen MR) is 71.2 cm³/mol. The quantitative estimate of drug-likeness (QED) is 0.918. The van der Waals surface area contributed by atoms with Crippen molar-refractivity contribution in [3.8, 4) is 11.3 Å². The van der Waals surface area contributed by atoms with Crippen molar-refractivity contribution in [1.29, 1.82) is 0 Å². The summed E-state index contributed by atoms with van der Waals surface area (Å²) in [7, 11) is 0. The molecule has 0 aliphatic rings. The van der Waals surface area contributed by atoms with Crippen LogP contribution in [-0.4, -0.2) is 16.2 Å². The van der Waals surface area contributed by atoms with E-state index in [0.29, 0.717) is 22.1 Å². The van der Waals surface area contributed by atoms with Crippen molar-refractivity contribution < 1.29 is 4.39 Å². The zero-order valence-corrected chi connectivity index (χ0v) is 10.9. The van der Waals surface area contributed by atoms with E-state index in [0.717, 1.165) is 0 Å². The maximum absolute atomic E-state index is 13.2. The molecule has 0 saturated carbocycles. The minimum atomic E-state index is -0.385. The Hall–Kier alpha value is -1.68. The summed E-state index contributed by atoms with van der Waals surface area (Å²) in [4.78, 5) is 0.